The van der Waals surface area contributed by atoms with Crippen LogP contribution in [0.3, 0.4) is 0 Å². The monoisotopic (exact) mass is 429 g/mol. The Labute approximate surface area is 170 Å². The quantitative estimate of drug-likeness (QED) is 0.641. The summed E-state index contributed by atoms with van der Waals surface area (Å²) in [7, 11) is -3.88. The molecule has 3 aromatic rings. The molecular weight excluding hydrogens is 413 g/mol. The second-order valence-electron chi connectivity index (χ2n) is 6.64. The molecule has 1 saturated heterocycles. The summed E-state index contributed by atoms with van der Waals surface area (Å²) >= 11 is 0. The number of halogens is 1. The Morgan fingerprint density at radius 1 is 1.23 bits per heavy atom. The van der Waals surface area contributed by atoms with Crippen molar-refractivity contribution >= 4 is 26.8 Å². The second kappa shape index (κ2) is 7.74. The highest BCUT2D eigenvalue weighted by Gasteiger charge is 2.27. The molecule has 0 amide bonds. The van der Waals surface area contributed by atoms with Crippen LogP contribution in [0.2, 0.25) is 0 Å². The molecule has 0 atom stereocenters. The summed E-state index contributed by atoms with van der Waals surface area (Å²) in [6, 6.07) is 8.32. The average Bonchev–Trinajstić information content (AvgIpc) is 3.27. The van der Waals surface area contributed by atoms with Crippen LogP contribution in [0.4, 0.5) is 10.1 Å². The van der Waals surface area contributed by atoms with Crippen LogP contribution >= 0.6 is 0 Å². The number of nitrogens with one attached hydrogen (secondary N) is 2. The van der Waals surface area contributed by atoms with E-state index in [4.69, 9.17) is 4.74 Å². The van der Waals surface area contributed by atoms with E-state index in [1.807, 2.05) is 0 Å². The SMILES string of the molecule is N#Cc1c(NS(=O)(=O)N2CCCC2)ccc(F)c1Oc1ccc2nc[nH]c(=O)c2c1. The molecule has 0 saturated carbocycles. The molecule has 0 spiro atoms. The maximum Gasteiger partial charge on any atom is 0.301 e. The van der Waals surface area contributed by atoms with Crippen molar-refractivity contribution in [3.8, 4) is 17.6 Å². The molecule has 0 bridgehead atoms. The molecule has 2 heterocycles. The third kappa shape index (κ3) is 3.70. The number of hydrogen-bond acceptors (Lipinski definition) is 6. The minimum atomic E-state index is -3.88. The summed E-state index contributed by atoms with van der Waals surface area (Å²) < 4.78 is 48.7. The van der Waals surface area contributed by atoms with E-state index in [9.17, 15) is 22.9 Å². The van der Waals surface area contributed by atoms with Gasteiger partial charge in [0.25, 0.3) is 5.56 Å². The average molecular weight is 429 g/mol. The number of benzene rings is 2. The highest BCUT2D eigenvalue weighted by molar-refractivity contribution is 7.90. The molecule has 0 radical (unpaired) electrons. The Morgan fingerprint density at radius 3 is 2.73 bits per heavy atom. The van der Waals surface area contributed by atoms with Crippen molar-refractivity contribution in [3.63, 3.8) is 0 Å². The van der Waals surface area contributed by atoms with Crippen LogP contribution < -0.4 is 15.0 Å². The minimum absolute atomic E-state index is 0.0935. The summed E-state index contributed by atoms with van der Waals surface area (Å²) in [5.41, 5.74) is -0.392. The zero-order valence-corrected chi connectivity index (χ0v) is 16.4. The third-order valence-corrected chi connectivity index (χ3v) is 6.22. The van der Waals surface area contributed by atoms with Gasteiger partial charge < -0.3 is 9.72 Å². The number of rotatable bonds is 5. The van der Waals surface area contributed by atoms with E-state index in [0.29, 0.717) is 18.6 Å². The van der Waals surface area contributed by atoms with Crippen molar-refractivity contribution in [2.24, 2.45) is 0 Å². The number of aromatic amines is 1. The normalized spacial score (nSPS) is 14.5. The number of fused-ring (bicyclic) bond motifs is 1. The van der Waals surface area contributed by atoms with E-state index in [-0.39, 0.29) is 22.4 Å². The Morgan fingerprint density at radius 2 is 2.00 bits per heavy atom. The predicted molar refractivity (Wildman–Crippen MR) is 107 cm³/mol. The van der Waals surface area contributed by atoms with Gasteiger partial charge in [0.1, 0.15) is 17.4 Å². The largest absolute Gasteiger partial charge is 0.453 e. The summed E-state index contributed by atoms with van der Waals surface area (Å²) in [5, 5.41) is 9.79. The fourth-order valence-electron chi connectivity index (χ4n) is 3.21. The van der Waals surface area contributed by atoms with Crippen molar-refractivity contribution in [2.75, 3.05) is 17.8 Å². The van der Waals surface area contributed by atoms with Gasteiger partial charge in [-0.3, -0.25) is 9.52 Å². The lowest BCUT2D eigenvalue weighted by atomic mass is 10.1. The van der Waals surface area contributed by atoms with Gasteiger partial charge in [-0.25, -0.2) is 9.37 Å². The maximum absolute atomic E-state index is 14.5. The van der Waals surface area contributed by atoms with Gasteiger partial charge in [-0.15, -0.1) is 0 Å². The number of nitrogens with zero attached hydrogens (tertiary/aromatic N) is 3. The van der Waals surface area contributed by atoms with Crippen LogP contribution in [0.15, 0.2) is 41.5 Å². The van der Waals surface area contributed by atoms with E-state index in [0.717, 1.165) is 18.9 Å². The van der Waals surface area contributed by atoms with E-state index in [1.54, 1.807) is 6.07 Å². The Balaban J connectivity index is 1.72. The molecule has 30 heavy (non-hydrogen) atoms. The van der Waals surface area contributed by atoms with Crippen LogP contribution in [-0.2, 0) is 10.2 Å². The van der Waals surface area contributed by atoms with Gasteiger partial charge in [-0.2, -0.15) is 18.0 Å². The van der Waals surface area contributed by atoms with Gasteiger partial charge >= 0.3 is 10.2 Å². The first kappa shape index (κ1) is 19.8. The van der Waals surface area contributed by atoms with Crippen LogP contribution in [0.25, 0.3) is 10.9 Å². The van der Waals surface area contributed by atoms with Gasteiger partial charge in [0.05, 0.1) is 22.9 Å². The van der Waals surface area contributed by atoms with Crippen molar-refractivity contribution in [2.45, 2.75) is 12.8 Å². The minimum Gasteiger partial charge on any atom is -0.453 e. The van der Waals surface area contributed by atoms with E-state index in [2.05, 4.69) is 14.7 Å². The van der Waals surface area contributed by atoms with Gasteiger partial charge in [-0.05, 0) is 43.2 Å². The lowest BCUT2D eigenvalue weighted by molar-refractivity contribution is 0.441. The van der Waals surface area contributed by atoms with Crippen LogP contribution in [0, 0.1) is 17.1 Å². The highest BCUT2D eigenvalue weighted by Crippen LogP contribution is 2.34. The van der Waals surface area contributed by atoms with Crippen LogP contribution in [0.1, 0.15) is 18.4 Å². The lowest BCUT2D eigenvalue weighted by Gasteiger charge is -2.18. The number of hydrogen-bond donors (Lipinski definition) is 2. The Kier molecular flexibility index (Phi) is 5.11. The smallest absolute Gasteiger partial charge is 0.301 e. The van der Waals surface area contributed by atoms with Crippen molar-refractivity contribution < 1.29 is 17.5 Å². The fourth-order valence-corrected chi connectivity index (χ4v) is 4.53. The predicted octanol–water partition coefficient (Wildman–Crippen LogP) is 2.48. The van der Waals surface area contributed by atoms with Crippen molar-refractivity contribution in [1.29, 1.82) is 5.26 Å². The molecular formula is C19H16FN5O4S. The lowest BCUT2D eigenvalue weighted by Crippen LogP contribution is -2.33. The molecule has 154 valence electrons. The van der Waals surface area contributed by atoms with E-state index >= 15 is 0 Å². The number of aromatic nitrogens is 2. The van der Waals surface area contributed by atoms with E-state index < -0.39 is 27.3 Å². The molecule has 1 aromatic heterocycles. The molecule has 1 aliphatic heterocycles. The summed E-state index contributed by atoms with van der Waals surface area (Å²) in [4.78, 5) is 18.4. The topological polar surface area (TPSA) is 128 Å². The Hall–Kier alpha value is -3.49. The summed E-state index contributed by atoms with van der Waals surface area (Å²) in [6.07, 6.45) is 2.76. The molecule has 9 nitrogen and oxygen atoms in total. The number of nitriles is 1. The summed E-state index contributed by atoms with van der Waals surface area (Å²) in [6.45, 7) is 0.753. The van der Waals surface area contributed by atoms with Crippen molar-refractivity contribution in [3.05, 3.63) is 58.4 Å². The highest BCUT2D eigenvalue weighted by atomic mass is 32.2. The van der Waals surface area contributed by atoms with E-state index in [1.165, 1.54) is 34.9 Å². The first-order chi connectivity index (χ1) is 14.4. The van der Waals surface area contributed by atoms with Gasteiger partial charge in [-0.1, -0.05) is 0 Å². The number of anilines is 1. The molecule has 0 aliphatic carbocycles. The van der Waals surface area contributed by atoms with Crippen LogP contribution in [0.5, 0.6) is 11.5 Å². The van der Waals surface area contributed by atoms with Crippen LogP contribution in [-0.4, -0.2) is 35.8 Å². The fraction of sp³-hybridized carbons (Fsp3) is 0.211. The van der Waals surface area contributed by atoms with Gasteiger partial charge in [0.2, 0.25) is 0 Å². The van der Waals surface area contributed by atoms with Gasteiger partial charge in [0, 0.05) is 13.1 Å². The standard InChI is InChI=1S/C19H16FN5O4S/c20-15-4-6-17(24-30(27,28)25-7-1-2-8-25)14(10-21)18(15)29-12-3-5-16-13(9-12)19(26)23-11-22-16/h3-6,9,11,24H,1-2,7-8H2,(H,22,23,26). The van der Waals surface area contributed by atoms with Gasteiger partial charge in [0.15, 0.2) is 11.6 Å². The zero-order valence-electron chi connectivity index (χ0n) is 15.6. The number of ether oxygens (including phenoxy) is 1. The first-order valence-corrected chi connectivity index (χ1v) is 10.5. The molecule has 1 aliphatic rings. The molecule has 2 aromatic carbocycles. The molecule has 4 rings (SSSR count). The number of H-pyrrole nitrogens is 1. The molecule has 1 fully saturated rings. The third-order valence-electron chi connectivity index (χ3n) is 4.70. The summed E-state index contributed by atoms with van der Waals surface area (Å²) in [5.74, 6) is -1.20. The maximum atomic E-state index is 14.5. The molecule has 11 heteroatoms. The van der Waals surface area contributed by atoms with Crippen molar-refractivity contribution in [1.82, 2.24) is 14.3 Å². The first-order valence-electron chi connectivity index (χ1n) is 9.05. The zero-order chi connectivity index (χ0) is 21.3. The molecule has 0 unspecified atom stereocenters. The Bertz CT molecular complexity index is 1330. The molecule has 2 N–H and O–H groups in total. The second-order valence-corrected chi connectivity index (χ2v) is 8.31.